The Morgan fingerprint density at radius 2 is 1.38 bits per heavy atom. The first kappa shape index (κ1) is 18.9. The Morgan fingerprint density at radius 1 is 0.857 bits per heavy atom. The molecular formula is C18H36O3. The minimum atomic E-state index is -0.0719. The highest BCUT2D eigenvalue weighted by Crippen LogP contribution is 2.43. The van der Waals surface area contributed by atoms with Crippen molar-refractivity contribution in [3.05, 3.63) is 0 Å². The van der Waals surface area contributed by atoms with Gasteiger partial charge in [0.05, 0.1) is 25.9 Å². The lowest BCUT2D eigenvalue weighted by atomic mass is 9.65. The summed E-state index contributed by atoms with van der Waals surface area (Å²) in [4.78, 5) is 0. The SMILES string of the molecule is CCC(C)(C)C(COC)(COC)COC1CCCCCC1. The van der Waals surface area contributed by atoms with Crippen molar-refractivity contribution in [1.82, 2.24) is 0 Å². The van der Waals surface area contributed by atoms with Gasteiger partial charge in [0, 0.05) is 19.6 Å². The summed E-state index contributed by atoms with van der Waals surface area (Å²) in [5.74, 6) is 0. The van der Waals surface area contributed by atoms with Crippen LogP contribution in [-0.2, 0) is 14.2 Å². The zero-order valence-electron chi connectivity index (χ0n) is 14.9. The van der Waals surface area contributed by atoms with Crippen molar-refractivity contribution in [2.45, 2.75) is 71.8 Å². The van der Waals surface area contributed by atoms with Crippen LogP contribution >= 0.6 is 0 Å². The van der Waals surface area contributed by atoms with Crippen molar-refractivity contribution < 1.29 is 14.2 Å². The van der Waals surface area contributed by atoms with Gasteiger partial charge in [0.1, 0.15) is 0 Å². The Kier molecular flexibility index (Phi) is 8.22. The molecule has 21 heavy (non-hydrogen) atoms. The monoisotopic (exact) mass is 300 g/mol. The molecule has 0 unspecified atom stereocenters. The summed E-state index contributed by atoms with van der Waals surface area (Å²) in [6, 6.07) is 0. The maximum atomic E-state index is 6.36. The molecule has 0 radical (unpaired) electrons. The van der Waals surface area contributed by atoms with Crippen molar-refractivity contribution in [3.63, 3.8) is 0 Å². The maximum Gasteiger partial charge on any atom is 0.0575 e. The largest absolute Gasteiger partial charge is 0.384 e. The number of hydrogen-bond acceptors (Lipinski definition) is 3. The molecule has 1 aliphatic rings. The van der Waals surface area contributed by atoms with Crippen molar-refractivity contribution in [1.29, 1.82) is 0 Å². The van der Waals surface area contributed by atoms with Gasteiger partial charge in [-0.2, -0.15) is 0 Å². The van der Waals surface area contributed by atoms with E-state index in [9.17, 15) is 0 Å². The Labute approximate surface area is 131 Å². The predicted molar refractivity (Wildman–Crippen MR) is 87.7 cm³/mol. The molecule has 0 aromatic carbocycles. The Balaban J connectivity index is 2.74. The highest BCUT2D eigenvalue weighted by atomic mass is 16.5. The lowest BCUT2D eigenvalue weighted by Gasteiger charge is -2.46. The van der Waals surface area contributed by atoms with Crippen LogP contribution in [0.3, 0.4) is 0 Å². The second-order valence-electron chi connectivity index (χ2n) is 7.31. The molecule has 3 heteroatoms. The summed E-state index contributed by atoms with van der Waals surface area (Å²) < 4.78 is 17.5. The minimum absolute atomic E-state index is 0.0719. The molecule has 0 bridgehead atoms. The second-order valence-corrected chi connectivity index (χ2v) is 7.31. The van der Waals surface area contributed by atoms with E-state index in [1.807, 2.05) is 0 Å². The van der Waals surface area contributed by atoms with E-state index in [1.54, 1.807) is 14.2 Å². The van der Waals surface area contributed by atoms with Gasteiger partial charge in [-0.15, -0.1) is 0 Å². The van der Waals surface area contributed by atoms with Crippen molar-refractivity contribution in [2.75, 3.05) is 34.0 Å². The van der Waals surface area contributed by atoms with E-state index in [1.165, 1.54) is 38.5 Å². The van der Waals surface area contributed by atoms with Gasteiger partial charge in [-0.25, -0.2) is 0 Å². The average molecular weight is 300 g/mol. The van der Waals surface area contributed by atoms with Crippen molar-refractivity contribution in [2.24, 2.45) is 10.8 Å². The van der Waals surface area contributed by atoms with Crippen molar-refractivity contribution >= 4 is 0 Å². The fraction of sp³-hybridized carbons (Fsp3) is 1.00. The maximum absolute atomic E-state index is 6.36. The van der Waals surface area contributed by atoms with E-state index in [2.05, 4.69) is 20.8 Å². The molecule has 0 saturated heterocycles. The molecule has 0 amide bonds. The van der Waals surface area contributed by atoms with Crippen LogP contribution in [0.1, 0.15) is 65.7 Å². The van der Waals surface area contributed by atoms with Crippen LogP contribution in [0, 0.1) is 10.8 Å². The summed E-state index contributed by atoms with van der Waals surface area (Å²) in [5.41, 5.74) is 0.0568. The normalized spacial score (nSPS) is 18.7. The van der Waals surface area contributed by atoms with Gasteiger partial charge >= 0.3 is 0 Å². The third kappa shape index (κ3) is 5.22. The summed E-state index contributed by atoms with van der Waals surface area (Å²) in [6.45, 7) is 8.97. The van der Waals surface area contributed by atoms with E-state index in [0.29, 0.717) is 19.3 Å². The Hall–Kier alpha value is -0.120. The van der Waals surface area contributed by atoms with Gasteiger partial charge in [-0.3, -0.25) is 0 Å². The smallest absolute Gasteiger partial charge is 0.0575 e. The Morgan fingerprint density at radius 3 is 1.81 bits per heavy atom. The predicted octanol–water partition coefficient (Wildman–Crippen LogP) is 4.44. The van der Waals surface area contributed by atoms with Gasteiger partial charge in [-0.1, -0.05) is 52.9 Å². The van der Waals surface area contributed by atoms with Crippen molar-refractivity contribution in [3.8, 4) is 0 Å². The van der Waals surface area contributed by atoms with Crippen LogP contribution in [0.5, 0.6) is 0 Å². The minimum Gasteiger partial charge on any atom is -0.384 e. The lowest BCUT2D eigenvalue weighted by Crippen LogP contribution is -2.49. The Bertz CT molecular complexity index is 262. The van der Waals surface area contributed by atoms with Crippen LogP contribution < -0.4 is 0 Å². The summed E-state index contributed by atoms with van der Waals surface area (Å²) in [6.07, 6.45) is 9.28. The van der Waals surface area contributed by atoms with Crippen LogP contribution in [-0.4, -0.2) is 40.1 Å². The first-order chi connectivity index (χ1) is 10.0. The van der Waals surface area contributed by atoms with Crippen LogP contribution in [0.15, 0.2) is 0 Å². The quantitative estimate of drug-likeness (QED) is 0.589. The molecule has 126 valence electrons. The van der Waals surface area contributed by atoms with Gasteiger partial charge in [0.15, 0.2) is 0 Å². The van der Waals surface area contributed by atoms with E-state index in [-0.39, 0.29) is 10.8 Å². The molecule has 1 fully saturated rings. The zero-order chi connectivity index (χ0) is 15.8. The van der Waals surface area contributed by atoms with E-state index in [4.69, 9.17) is 14.2 Å². The highest BCUT2D eigenvalue weighted by Gasteiger charge is 2.45. The van der Waals surface area contributed by atoms with E-state index in [0.717, 1.165) is 13.0 Å². The molecule has 0 N–H and O–H groups in total. The molecule has 0 heterocycles. The molecule has 1 aliphatic carbocycles. The van der Waals surface area contributed by atoms with Gasteiger partial charge in [-0.05, 0) is 18.3 Å². The van der Waals surface area contributed by atoms with Gasteiger partial charge in [0.2, 0.25) is 0 Å². The van der Waals surface area contributed by atoms with Crippen LogP contribution in [0.4, 0.5) is 0 Å². The molecule has 0 aromatic rings. The van der Waals surface area contributed by atoms with Crippen LogP contribution in [0.2, 0.25) is 0 Å². The summed E-state index contributed by atoms with van der Waals surface area (Å²) in [5, 5.41) is 0. The lowest BCUT2D eigenvalue weighted by molar-refractivity contribution is -0.131. The number of ether oxygens (including phenoxy) is 3. The van der Waals surface area contributed by atoms with Gasteiger partial charge in [0.25, 0.3) is 0 Å². The van der Waals surface area contributed by atoms with E-state index < -0.39 is 0 Å². The third-order valence-corrected chi connectivity index (χ3v) is 5.56. The molecule has 0 atom stereocenters. The summed E-state index contributed by atoms with van der Waals surface area (Å²) in [7, 11) is 3.56. The highest BCUT2D eigenvalue weighted by molar-refractivity contribution is 4.93. The second kappa shape index (κ2) is 9.12. The molecule has 3 nitrogen and oxygen atoms in total. The van der Waals surface area contributed by atoms with Gasteiger partial charge < -0.3 is 14.2 Å². The fourth-order valence-electron chi connectivity index (χ4n) is 3.32. The number of methoxy groups -OCH3 is 2. The zero-order valence-corrected chi connectivity index (χ0v) is 14.9. The summed E-state index contributed by atoms with van der Waals surface area (Å²) >= 11 is 0. The standard InChI is InChI=1S/C18H36O3/c1-6-17(2,3)18(13-19-4,14-20-5)15-21-16-11-9-7-8-10-12-16/h16H,6-15H2,1-5H3. The van der Waals surface area contributed by atoms with Crippen LogP contribution in [0.25, 0.3) is 0 Å². The molecule has 1 rings (SSSR count). The topological polar surface area (TPSA) is 27.7 Å². The molecule has 0 spiro atoms. The molecular weight excluding hydrogens is 264 g/mol. The first-order valence-electron chi connectivity index (χ1n) is 8.61. The average Bonchev–Trinajstić information content (AvgIpc) is 2.73. The number of hydrogen-bond donors (Lipinski definition) is 0. The number of rotatable bonds is 9. The fourth-order valence-corrected chi connectivity index (χ4v) is 3.32. The molecule has 0 aromatic heterocycles. The molecule has 1 saturated carbocycles. The van der Waals surface area contributed by atoms with E-state index >= 15 is 0 Å². The molecule has 0 aliphatic heterocycles. The first-order valence-corrected chi connectivity index (χ1v) is 8.61. The third-order valence-electron chi connectivity index (χ3n) is 5.56.